The largest absolute Gasteiger partial charge is 0.393 e. The Morgan fingerprint density at radius 3 is 0.933 bits per heavy atom. The van der Waals surface area contributed by atoms with Crippen LogP contribution in [-0.2, 0) is 4.79 Å². The van der Waals surface area contributed by atoms with Gasteiger partial charge in [-0.15, -0.1) is 0 Å². The molecule has 0 rings (SSSR count). The number of hydrogen-bond donors (Lipinski definition) is 1. The highest BCUT2D eigenvalue weighted by molar-refractivity contribution is 5.48. The SMILES string of the molecule is CC(O)CCCCCCCCCCCCCCCCCCCCCCCCCC=O. The average molecular weight is 425 g/mol. The van der Waals surface area contributed by atoms with Crippen molar-refractivity contribution < 1.29 is 9.90 Å². The van der Waals surface area contributed by atoms with Crippen molar-refractivity contribution in [2.24, 2.45) is 0 Å². The summed E-state index contributed by atoms with van der Waals surface area (Å²) in [7, 11) is 0. The minimum atomic E-state index is -0.109. The van der Waals surface area contributed by atoms with Crippen molar-refractivity contribution in [1.29, 1.82) is 0 Å². The summed E-state index contributed by atoms with van der Waals surface area (Å²) in [4.78, 5) is 10.2. The number of hydrogen-bond acceptors (Lipinski definition) is 2. The van der Waals surface area contributed by atoms with Crippen molar-refractivity contribution in [3.05, 3.63) is 0 Å². The van der Waals surface area contributed by atoms with E-state index in [9.17, 15) is 9.90 Å². The predicted molar refractivity (Wildman–Crippen MR) is 133 cm³/mol. The van der Waals surface area contributed by atoms with E-state index in [4.69, 9.17) is 0 Å². The van der Waals surface area contributed by atoms with Gasteiger partial charge < -0.3 is 9.90 Å². The lowest BCUT2D eigenvalue weighted by Gasteiger charge is -2.05. The van der Waals surface area contributed by atoms with Crippen LogP contribution in [0.25, 0.3) is 0 Å². The van der Waals surface area contributed by atoms with E-state index >= 15 is 0 Å². The molecule has 1 unspecified atom stereocenters. The van der Waals surface area contributed by atoms with Crippen molar-refractivity contribution >= 4 is 6.29 Å². The van der Waals surface area contributed by atoms with Crippen LogP contribution in [0.15, 0.2) is 0 Å². The Bertz CT molecular complexity index is 314. The maximum absolute atomic E-state index is 10.2. The summed E-state index contributed by atoms with van der Waals surface area (Å²) in [6.07, 6.45) is 34.5. The van der Waals surface area contributed by atoms with Crippen LogP contribution in [-0.4, -0.2) is 17.5 Å². The Balaban J connectivity index is 2.99. The van der Waals surface area contributed by atoms with E-state index in [2.05, 4.69) is 0 Å². The van der Waals surface area contributed by atoms with Gasteiger partial charge in [0.2, 0.25) is 0 Å². The first kappa shape index (κ1) is 29.6. The summed E-state index contributed by atoms with van der Waals surface area (Å²) in [5.41, 5.74) is 0. The topological polar surface area (TPSA) is 37.3 Å². The standard InChI is InChI=1S/C28H56O2/c1-28(30)26-24-22-20-18-16-14-12-10-8-6-4-2-3-5-7-9-11-13-15-17-19-21-23-25-27-29/h27-28,30H,2-26H2,1H3. The van der Waals surface area contributed by atoms with E-state index in [0.717, 1.165) is 25.5 Å². The van der Waals surface area contributed by atoms with Gasteiger partial charge in [-0.3, -0.25) is 0 Å². The Morgan fingerprint density at radius 1 is 0.467 bits per heavy atom. The van der Waals surface area contributed by atoms with Crippen LogP contribution in [0.1, 0.15) is 167 Å². The van der Waals surface area contributed by atoms with E-state index in [-0.39, 0.29) is 6.10 Å². The number of unbranched alkanes of at least 4 members (excludes halogenated alkanes) is 23. The fourth-order valence-corrected chi connectivity index (χ4v) is 4.38. The van der Waals surface area contributed by atoms with Crippen molar-refractivity contribution in [1.82, 2.24) is 0 Å². The van der Waals surface area contributed by atoms with Crippen LogP contribution in [0, 0.1) is 0 Å². The second kappa shape index (κ2) is 26.7. The van der Waals surface area contributed by atoms with E-state index < -0.39 is 0 Å². The first-order chi connectivity index (χ1) is 14.8. The predicted octanol–water partition coefficient (Wildman–Crippen LogP) is 9.32. The molecule has 30 heavy (non-hydrogen) atoms. The summed E-state index contributed by atoms with van der Waals surface area (Å²) in [6.45, 7) is 1.90. The lowest BCUT2D eigenvalue weighted by molar-refractivity contribution is -0.107. The molecule has 0 radical (unpaired) electrons. The second-order valence-corrected chi connectivity index (χ2v) is 9.72. The molecule has 1 atom stereocenters. The highest BCUT2D eigenvalue weighted by Gasteiger charge is 1.97. The Kier molecular flexibility index (Phi) is 26.3. The van der Waals surface area contributed by atoms with Gasteiger partial charge in [-0.05, 0) is 19.8 Å². The van der Waals surface area contributed by atoms with Crippen molar-refractivity contribution in [2.75, 3.05) is 0 Å². The third-order valence-electron chi connectivity index (χ3n) is 6.44. The van der Waals surface area contributed by atoms with Crippen LogP contribution in [0.2, 0.25) is 0 Å². The molecule has 0 heterocycles. The lowest BCUT2D eigenvalue weighted by Crippen LogP contribution is -1.98. The van der Waals surface area contributed by atoms with Crippen LogP contribution in [0.3, 0.4) is 0 Å². The average Bonchev–Trinajstić information content (AvgIpc) is 2.73. The second-order valence-electron chi connectivity index (χ2n) is 9.72. The fraction of sp³-hybridized carbons (Fsp3) is 0.964. The van der Waals surface area contributed by atoms with E-state index in [1.807, 2.05) is 6.92 Å². The molecule has 0 aliphatic carbocycles. The monoisotopic (exact) mass is 424 g/mol. The Labute approximate surface area is 190 Å². The van der Waals surface area contributed by atoms with Gasteiger partial charge in [-0.25, -0.2) is 0 Å². The molecule has 0 aromatic heterocycles. The molecule has 0 saturated heterocycles. The number of aliphatic hydroxyl groups excluding tert-OH is 1. The molecule has 0 saturated carbocycles. The van der Waals surface area contributed by atoms with Gasteiger partial charge in [-0.1, -0.05) is 141 Å². The molecule has 0 aliphatic rings. The lowest BCUT2D eigenvalue weighted by atomic mass is 10.0. The molecule has 180 valence electrons. The van der Waals surface area contributed by atoms with E-state index in [1.54, 1.807) is 0 Å². The zero-order valence-electron chi connectivity index (χ0n) is 20.7. The molecule has 0 aliphatic heterocycles. The third-order valence-corrected chi connectivity index (χ3v) is 6.44. The quantitative estimate of drug-likeness (QED) is 0.111. The summed E-state index contributed by atoms with van der Waals surface area (Å²) in [5.74, 6) is 0. The van der Waals surface area contributed by atoms with E-state index in [0.29, 0.717) is 0 Å². The highest BCUT2D eigenvalue weighted by Crippen LogP contribution is 2.15. The van der Waals surface area contributed by atoms with Gasteiger partial charge in [0, 0.05) is 6.42 Å². The van der Waals surface area contributed by atoms with Crippen molar-refractivity contribution in [3.63, 3.8) is 0 Å². The molecule has 0 aromatic rings. The van der Waals surface area contributed by atoms with Crippen LogP contribution >= 0.6 is 0 Å². The van der Waals surface area contributed by atoms with E-state index in [1.165, 1.54) is 141 Å². The number of aliphatic hydroxyl groups is 1. The minimum Gasteiger partial charge on any atom is -0.393 e. The molecule has 0 spiro atoms. The molecule has 2 nitrogen and oxygen atoms in total. The normalized spacial score (nSPS) is 12.3. The summed E-state index contributed by atoms with van der Waals surface area (Å²) in [6, 6.07) is 0. The molecule has 0 bridgehead atoms. The van der Waals surface area contributed by atoms with Gasteiger partial charge in [0.1, 0.15) is 6.29 Å². The van der Waals surface area contributed by atoms with Gasteiger partial charge in [0.15, 0.2) is 0 Å². The van der Waals surface area contributed by atoms with Crippen molar-refractivity contribution in [3.8, 4) is 0 Å². The van der Waals surface area contributed by atoms with Crippen LogP contribution < -0.4 is 0 Å². The molecule has 1 N–H and O–H groups in total. The molecular formula is C28H56O2. The Hall–Kier alpha value is -0.370. The number of aldehydes is 1. The van der Waals surface area contributed by atoms with Gasteiger partial charge >= 0.3 is 0 Å². The van der Waals surface area contributed by atoms with Gasteiger partial charge in [0.25, 0.3) is 0 Å². The maximum atomic E-state index is 10.2. The Morgan fingerprint density at radius 2 is 0.700 bits per heavy atom. The maximum Gasteiger partial charge on any atom is 0.119 e. The molecule has 0 fully saturated rings. The smallest absolute Gasteiger partial charge is 0.119 e. The minimum absolute atomic E-state index is 0.109. The molecule has 0 amide bonds. The third kappa shape index (κ3) is 27.6. The highest BCUT2D eigenvalue weighted by atomic mass is 16.3. The number of rotatable bonds is 26. The zero-order chi connectivity index (χ0) is 22.0. The molecule has 0 aromatic carbocycles. The van der Waals surface area contributed by atoms with Crippen LogP contribution in [0.4, 0.5) is 0 Å². The number of carbonyl (C=O) groups excluding carboxylic acids is 1. The van der Waals surface area contributed by atoms with Crippen molar-refractivity contribution in [2.45, 2.75) is 174 Å². The zero-order valence-corrected chi connectivity index (χ0v) is 20.7. The molecular weight excluding hydrogens is 368 g/mol. The summed E-state index contributed by atoms with van der Waals surface area (Å²) >= 11 is 0. The molecule has 2 heteroatoms. The first-order valence-electron chi connectivity index (χ1n) is 13.9. The summed E-state index contributed by atoms with van der Waals surface area (Å²) in [5, 5.41) is 9.23. The van der Waals surface area contributed by atoms with Gasteiger partial charge in [0.05, 0.1) is 6.10 Å². The number of carbonyl (C=O) groups is 1. The van der Waals surface area contributed by atoms with Crippen LogP contribution in [0.5, 0.6) is 0 Å². The fourth-order valence-electron chi connectivity index (χ4n) is 4.38. The van der Waals surface area contributed by atoms with Gasteiger partial charge in [-0.2, -0.15) is 0 Å². The first-order valence-corrected chi connectivity index (χ1v) is 13.9. The summed E-state index contributed by atoms with van der Waals surface area (Å²) < 4.78 is 0.